The van der Waals surface area contributed by atoms with E-state index in [9.17, 15) is 9.90 Å². The van der Waals surface area contributed by atoms with E-state index in [0.29, 0.717) is 42.1 Å². The summed E-state index contributed by atoms with van der Waals surface area (Å²) < 4.78 is 12.3. The molecule has 33 heavy (non-hydrogen) atoms. The highest BCUT2D eigenvalue weighted by Crippen LogP contribution is 2.43. The second kappa shape index (κ2) is 8.99. The van der Waals surface area contributed by atoms with E-state index in [1.807, 2.05) is 72.8 Å². The van der Waals surface area contributed by atoms with E-state index in [4.69, 9.17) is 9.47 Å². The van der Waals surface area contributed by atoms with Crippen LogP contribution in [0.3, 0.4) is 0 Å². The van der Waals surface area contributed by atoms with Gasteiger partial charge in [-0.25, -0.2) is 0 Å². The lowest BCUT2D eigenvalue weighted by Gasteiger charge is -2.23. The molecule has 4 heteroatoms. The third kappa shape index (κ3) is 4.42. The van der Waals surface area contributed by atoms with Gasteiger partial charge in [0.2, 0.25) is 0 Å². The Hall–Kier alpha value is -3.79. The molecule has 1 aliphatic rings. The Kier molecular flexibility index (Phi) is 5.74. The molecule has 0 saturated carbocycles. The number of phenols is 1. The maximum Gasteiger partial charge on any atom is 0.167 e. The highest BCUT2D eigenvalue weighted by atomic mass is 16.5. The van der Waals surface area contributed by atoms with Gasteiger partial charge in [-0.3, -0.25) is 4.79 Å². The van der Waals surface area contributed by atoms with Crippen molar-refractivity contribution in [3.05, 3.63) is 101 Å². The van der Waals surface area contributed by atoms with Gasteiger partial charge in [-0.2, -0.15) is 0 Å². The Morgan fingerprint density at radius 1 is 0.848 bits per heavy atom. The molecule has 0 heterocycles. The van der Waals surface area contributed by atoms with Gasteiger partial charge in [-0.1, -0.05) is 67.6 Å². The molecule has 1 aliphatic carbocycles. The molecule has 0 amide bonds. The van der Waals surface area contributed by atoms with E-state index in [0.717, 1.165) is 28.5 Å². The molecular formula is C29H26O4. The maximum atomic E-state index is 12.8. The van der Waals surface area contributed by atoms with Crippen molar-refractivity contribution in [3.63, 3.8) is 0 Å². The highest BCUT2D eigenvalue weighted by Gasteiger charge is 2.28. The predicted octanol–water partition coefficient (Wildman–Crippen LogP) is 6.47. The minimum absolute atomic E-state index is 0.0112. The first-order chi connectivity index (χ1) is 16.1. The van der Waals surface area contributed by atoms with Gasteiger partial charge in [0.25, 0.3) is 0 Å². The SMILES string of the molecule is C[C@H]1CC(=O)c2c(cc3cc(OCc4ccccc4)cc(OCc4ccccc4)c3c2O)C1. The number of benzene rings is 4. The van der Waals surface area contributed by atoms with Gasteiger partial charge in [-0.05, 0) is 46.5 Å². The standard InChI is InChI=1S/C29H26O4/c1-19-12-22-14-23-15-24(32-17-20-8-4-2-5-9-20)16-26(33-18-21-10-6-3-7-11-21)28(23)29(31)27(22)25(30)13-19/h2-11,14-16,19,31H,12-13,17-18H2,1H3/t19-/m1/s1. The largest absolute Gasteiger partial charge is 0.506 e. The molecule has 0 spiro atoms. The van der Waals surface area contributed by atoms with E-state index < -0.39 is 0 Å². The first-order valence-corrected chi connectivity index (χ1v) is 11.3. The van der Waals surface area contributed by atoms with Crippen LogP contribution in [-0.2, 0) is 19.6 Å². The zero-order valence-electron chi connectivity index (χ0n) is 18.6. The van der Waals surface area contributed by atoms with Crippen LogP contribution in [0.2, 0.25) is 0 Å². The van der Waals surface area contributed by atoms with Crippen molar-refractivity contribution in [1.29, 1.82) is 0 Å². The number of carbonyl (C=O) groups is 1. The smallest absolute Gasteiger partial charge is 0.167 e. The molecule has 1 N–H and O–H groups in total. The molecule has 4 aromatic rings. The molecule has 0 unspecified atom stereocenters. The molecule has 0 bridgehead atoms. The third-order valence-corrected chi connectivity index (χ3v) is 6.10. The lowest BCUT2D eigenvalue weighted by molar-refractivity contribution is 0.0950. The molecule has 0 saturated heterocycles. The number of carbonyl (C=O) groups excluding carboxylic acids is 1. The lowest BCUT2D eigenvalue weighted by Crippen LogP contribution is -2.18. The minimum Gasteiger partial charge on any atom is -0.506 e. The van der Waals surface area contributed by atoms with Gasteiger partial charge in [0.1, 0.15) is 30.5 Å². The fourth-order valence-corrected chi connectivity index (χ4v) is 4.53. The van der Waals surface area contributed by atoms with E-state index >= 15 is 0 Å². The van der Waals surface area contributed by atoms with E-state index in [2.05, 4.69) is 6.92 Å². The van der Waals surface area contributed by atoms with Crippen LogP contribution in [0.1, 0.15) is 40.4 Å². The van der Waals surface area contributed by atoms with Crippen LogP contribution in [-0.4, -0.2) is 10.9 Å². The Morgan fingerprint density at radius 3 is 2.15 bits per heavy atom. The first-order valence-electron chi connectivity index (χ1n) is 11.3. The van der Waals surface area contributed by atoms with Gasteiger partial charge in [0.05, 0.1) is 10.9 Å². The molecule has 0 fully saturated rings. The van der Waals surface area contributed by atoms with Gasteiger partial charge in [-0.15, -0.1) is 0 Å². The molecule has 4 nitrogen and oxygen atoms in total. The summed E-state index contributed by atoms with van der Waals surface area (Å²) >= 11 is 0. The van der Waals surface area contributed by atoms with Crippen molar-refractivity contribution in [2.75, 3.05) is 0 Å². The average molecular weight is 439 g/mol. The number of Topliss-reactive ketones (excluding diaryl/α,β-unsaturated/α-hetero) is 1. The Labute approximate surface area is 193 Å². The van der Waals surface area contributed by atoms with Gasteiger partial charge in [0, 0.05) is 12.5 Å². The van der Waals surface area contributed by atoms with Crippen LogP contribution in [0.4, 0.5) is 0 Å². The van der Waals surface area contributed by atoms with Crippen molar-refractivity contribution in [1.82, 2.24) is 0 Å². The normalized spacial score (nSPS) is 15.3. The minimum atomic E-state index is -0.0124. The maximum absolute atomic E-state index is 12.8. The van der Waals surface area contributed by atoms with Crippen molar-refractivity contribution < 1.29 is 19.4 Å². The summed E-state index contributed by atoms with van der Waals surface area (Å²) in [6.07, 6.45) is 1.21. The van der Waals surface area contributed by atoms with Crippen LogP contribution in [0, 0.1) is 5.92 Å². The monoisotopic (exact) mass is 438 g/mol. The Morgan fingerprint density at radius 2 is 1.48 bits per heavy atom. The van der Waals surface area contributed by atoms with Crippen LogP contribution in [0.25, 0.3) is 10.8 Å². The number of hydrogen-bond acceptors (Lipinski definition) is 4. The zero-order chi connectivity index (χ0) is 22.8. The highest BCUT2D eigenvalue weighted by molar-refractivity contribution is 6.08. The van der Waals surface area contributed by atoms with E-state index in [1.54, 1.807) is 6.07 Å². The van der Waals surface area contributed by atoms with Gasteiger partial charge >= 0.3 is 0 Å². The number of rotatable bonds is 6. The summed E-state index contributed by atoms with van der Waals surface area (Å²) in [5, 5.41) is 12.5. The third-order valence-electron chi connectivity index (χ3n) is 6.10. The summed E-state index contributed by atoms with van der Waals surface area (Å²) in [6, 6.07) is 25.6. The van der Waals surface area contributed by atoms with Crippen LogP contribution in [0.15, 0.2) is 78.9 Å². The number of hydrogen-bond donors (Lipinski definition) is 1. The van der Waals surface area contributed by atoms with Gasteiger partial charge in [0.15, 0.2) is 5.78 Å². The van der Waals surface area contributed by atoms with Crippen molar-refractivity contribution in [3.8, 4) is 17.2 Å². The molecule has 1 atom stereocenters. The predicted molar refractivity (Wildman–Crippen MR) is 129 cm³/mol. The number of fused-ring (bicyclic) bond motifs is 2. The number of phenolic OH excluding ortho intramolecular Hbond substituents is 1. The molecule has 166 valence electrons. The quantitative estimate of drug-likeness (QED) is 0.375. The topological polar surface area (TPSA) is 55.8 Å². The molecule has 4 aromatic carbocycles. The Bertz CT molecular complexity index is 1300. The van der Waals surface area contributed by atoms with Gasteiger partial charge < -0.3 is 14.6 Å². The van der Waals surface area contributed by atoms with Crippen LogP contribution >= 0.6 is 0 Å². The van der Waals surface area contributed by atoms with Crippen molar-refractivity contribution in [2.24, 2.45) is 5.92 Å². The fraction of sp³-hybridized carbons (Fsp3) is 0.207. The van der Waals surface area contributed by atoms with E-state index in [-0.39, 0.29) is 17.5 Å². The fourth-order valence-electron chi connectivity index (χ4n) is 4.53. The summed E-state index contributed by atoms with van der Waals surface area (Å²) in [4.78, 5) is 12.8. The van der Waals surface area contributed by atoms with Crippen LogP contribution < -0.4 is 9.47 Å². The summed E-state index contributed by atoms with van der Waals surface area (Å²) in [7, 11) is 0. The number of ketones is 1. The molecule has 0 aliphatic heterocycles. The van der Waals surface area contributed by atoms with Crippen molar-refractivity contribution >= 4 is 16.6 Å². The molecule has 0 aromatic heterocycles. The second-order valence-corrected chi connectivity index (χ2v) is 8.76. The number of aromatic hydroxyl groups is 1. The number of ether oxygens (including phenoxy) is 2. The molecule has 0 radical (unpaired) electrons. The Balaban J connectivity index is 1.57. The lowest BCUT2D eigenvalue weighted by atomic mass is 9.82. The first kappa shape index (κ1) is 21.1. The van der Waals surface area contributed by atoms with E-state index in [1.165, 1.54) is 0 Å². The van der Waals surface area contributed by atoms with Crippen LogP contribution in [0.5, 0.6) is 17.2 Å². The zero-order valence-corrected chi connectivity index (χ0v) is 18.6. The molecular weight excluding hydrogens is 412 g/mol. The summed E-state index contributed by atoms with van der Waals surface area (Å²) in [6.45, 7) is 2.84. The molecule has 5 rings (SSSR count). The summed E-state index contributed by atoms with van der Waals surface area (Å²) in [5.41, 5.74) is 3.40. The summed E-state index contributed by atoms with van der Waals surface area (Å²) in [5.74, 6) is 1.42. The second-order valence-electron chi connectivity index (χ2n) is 8.76. The van der Waals surface area contributed by atoms with Crippen molar-refractivity contribution in [2.45, 2.75) is 33.0 Å². The average Bonchev–Trinajstić information content (AvgIpc) is 2.82.